The van der Waals surface area contributed by atoms with Crippen molar-refractivity contribution < 1.29 is 4.79 Å². The van der Waals surface area contributed by atoms with Crippen LogP contribution >= 0.6 is 39.1 Å². The predicted octanol–water partition coefficient (Wildman–Crippen LogP) is 5.39. The molecule has 3 rings (SSSR count). The first kappa shape index (κ1) is 19.5. The van der Waals surface area contributed by atoms with E-state index in [9.17, 15) is 10.1 Å². The first-order chi connectivity index (χ1) is 13.0. The van der Waals surface area contributed by atoms with Crippen molar-refractivity contribution in [3.05, 3.63) is 86.1 Å². The molecule has 0 unspecified atom stereocenters. The molecule has 1 N–H and O–H groups in total. The minimum absolute atomic E-state index is 0.298. The molecule has 1 aromatic heterocycles. The number of aromatic nitrogens is 1. The van der Waals surface area contributed by atoms with Crippen LogP contribution in [0.25, 0.3) is 5.69 Å². The number of carbonyl (C=O) groups is 1. The third-order valence-electron chi connectivity index (χ3n) is 4.03. The summed E-state index contributed by atoms with van der Waals surface area (Å²) in [7, 11) is 0. The van der Waals surface area contributed by atoms with E-state index in [-0.39, 0.29) is 5.91 Å². The van der Waals surface area contributed by atoms with Gasteiger partial charge in [0.1, 0.15) is 11.8 Å². The maximum atomic E-state index is 12.8. The van der Waals surface area contributed by atoms with Crippen LogP contribution in [-0.4, -0.2) is 17.0 Å². The lowest BCUT2D eigenvalue weighted by Crippen LogP contribution is -2.28. The largest absolute Gasteiger partial charge is 0.350 e. The zero-order valence-corrected chi connectivity index (χ0v) is 17.1. The Hall–Kier alpha value is -2.26. The molecule has 0 aliphatic carbocycles. The van der Waals surface area contributed by atoms with E-state index in [1.165, 1.54) is 0 Å². The molecule has 0 atom stereocenters. The number of benzene rings is 2. The van der Waals surface area contributed by atoms with Crippen LogP contribution in [0.2, 0.25) is 10.0 Å². The Bertz CT molecular complexity index is 1040. The van der Waals surface area contributed by atoms with Crippen molar-refractivity contribution in [3.8, 4) is 11.8 Å². The SMILES string of the molecule is N#Cc1ccn(-c2ccccc2Br)c1C(=O)NCCc1ccc(Cl)cc1Cl. The number of carbonyl (C=O) groups excluding carboxylic acids is 1. The van der Waals surface area contributed by atoms with Crippen LogP contribution in [0.1, 0.15) is 21.6 Å². The van der Waals surface area contributed by atoms with Crippen molar-refractivity contribution in [1.29, 1.82) is 5.26 Å². The zero-order valence-electron chi connectivity index (χ0n) is 14.0. The molecular weight excluding hydrogens is 449 g/mol. The number of hydrogen-bond acceptors (Lipinski definition) is 2. The predicted molar refractivity (Wildman–Crippen MR) is 111 cm³/mol. The quantitative estimate of drug-likeness (QED) is 0.552. The third kappa shape index (κ3) is 4.36. The van der Waals surface area contributed by atoms with Gasteiger partial charge in [0.15, 0.2) is 0 Å². The van der Waals surface area contributed by atoms with Gasteiger partial charge >= 0.3 is 0 Å². The van der Waals surface area contributed by atoms with E-state index in [1.54, 1.807) is 29.0 Å². The van der Waals surface area contributed by atoms with Crippen LogP contribution in [0.5, 0.6) is 0 Å². The number of hydrogen-bond donors (Lipinski definition) is 1. The lowest BCUT2D eigenvalue weighted by atomic mass is 10.1. The van der Waals surface area contributed by atoms with E-state index < -0.39 is 0 Å². The fourth-order valence-electron chi connectivity index (χ4n) is 2.72. The Morgan fingerprint density at radius 1 is 1.19 bits per heavy atom. The highest BCUT2D eigenvalue weighted by molar-refractivity contribution is 9.10. The van der Waals surface area contributed by atoms with Gasteiger partial charge in [-0.25, -0.2) is 0 Å². The van der Waals surface area contributed by atoms with Gasteiger partial charge in [0.2, 0.25) is 0 Å². The molecular formula is C20H14BrCl2N3O. The number of halogens is 3. The second-order valence-electron chi connectivity index (χ2n) is 5.75. The second-order valence-corrected chi connectivity index (χ2v) is 7.45. The van der Waals surface area contributed by atoms with Gasteiger partial charge < -0.3 is 9.88 Å². The molecule has 0 fully saturated rings. The molecule has 4 nitrogen and oxygen atoms in total. The molecule has 0 spiro atoms. The molecule has 0 aliphatic rings. The van der Waals surface area contributed by atoms with E-state index in [2.05, 4.69) is 27.3 Å². The molecule has 0 saturated carbocycles. The molecule has 27 heavy (non-hydrogen) atoms. The molecule has 136 valence electrons. The highest BCUT2D eigenvalue weighted by atomic mass is 79.9. The minimum Gasteiger partial charge on any atom is -0.350 e. The second kappa shape index (κ2) is 8.62. The number of rotatable bonds is 5. The van der Waals surface area contributed by atoms with E-state index in [1.807, 2.05) is 30.3 Å². The van der Waals surface area contributed by atoms with E-state index >= 15 is 0 Å². The van der Waals surface area contributed by atoms with Gasteiger partial charge in [-0.3, -0.25) is 4.79 Å². The van der Waals surface area contributed by atoms with Crippen LogP contribution < -0.4 is 5.32 Å². The van der Waals surface area contributed by atoms with Gasteiger partial charge in [-0.1, -0.05) is 41.4 Å². The Morgan fingerprint density at radius 3 is 2.67 bits per heavy atom. The van der Waals surface area contributed by atoms with Crippen molar-refractivity contribution in [2.75, 3.05) is 6.54 Å². The van der Waals surface area contributed by atoms with Crippen LogP contribution in [-0.2, 0) is 6.42 Å². The van der Waals surface area contributed by atoms with Gasteiger partial charge in [0, 0.05) is 27.3 Å². The number of para-hydroxylation sites is 1. The van der Waals surface area contributed by atoms with Gasteiger partial charge in [-0.15, -0.1) is 0 Å². The fraction of sp³-hybridized carbons (Fsp3) is 0.100. The third-order valence-corrected chi connectivity index (χ3v) is 5.29. The number of amides is 1. The maximum Gasteiger partial charge on any atom is 0.269 e. The zero-order chi connectivity index (χ0) is 19.4. The molecule has 0 aliphatic heterocycles. The smallest absolute Gasteiger partial charge is 0.269 e. The van der Waals surface area contributed by atoms with Crippen molar-refractivity contribution in [1.82, 2.24) is 9.88 Å². The van der Waals surface area contributed by atoms with Crippen molar-refractivity contribution in [2.24, 2.45) is 0 Å². The molecule has 0 saturated heterocycles. The molecule has 3 aromatic rings. The normalized spacial score (nSPS) is 10.4. The van der Waals surface area contributed by atoms with E-state index in [0.29, 0.717) is 34.3 Å². The summed E-state index contributed by atoms with van der Waals surface area (Å²) < 4.78 is 2.53. The number of nitriles is 1. The highest BCUT2D eigenvalue weighted by Gasteiger charge is 2.19. The molecule has 7 heteroatoms. The van der Waals surface area contributed by atoms with Crippen LogP contribution in [0, 0.1) is 11.3 Å². The summed E-state index contributed by atoms with van der Waals surface area (Å²) in [5.74, 6) is -0.322. The summed E-state index contributed by atoms with van der Waals surface area (Å²) in [5.41, 5.74) is 2.28. The summed E-state index contributed by atoms with van der Waals surface area (Å²) in [6.07, 6.45) is 2.27. The highest BCUT2D eigenvalue weighted by Crippen LogP contribution is 2.24. The fourth-order valence-corrected chi connectivity index (χ4v) is 3.70. The average molecular weight is 463 g/mol. The molecule has 1 heterocycles. The first-order valence-corrected chi connectivity index (χ1v) is 9.64. The van der Waals surface area contributed by atoms with Crippen molar-refractivity contribution in [3.63, 3.8) is 0 Å². The topological polar surface area (TPSA) is 57.8 Å². The van der Waals surface area contributed by atoms with Crippen LogP contribution in [0.3, 0.4) is 0 Å². The van der Waals surface area contributed by atoms with Crippen molar-refractivity contribution in [2.45, 2.75) is 6.42 Å². The Morgan fingerprint density at radius 2 is 1.96 bits per heavy atom. The van der Waals surface area contributed by atoms with E-state index in [0.717, 1.165) is 15.7 Å². The van der Waals surface area contributed by atoms with Gasteiger partial charge in [-0.2, -0.15) is 5.26 Å². The number of nitrogens with zero attached hydrogens (tertiary/aromatic N) is 2. The summed E-state index contributed by atoms with van der Waals surface area (Å²) in [6, 6.07) is 16.5. The maximum absolute atomic E-state index is 12.8. The monoisotopic (exact) mass is 461 g/mol. The van der Waals surface area contributed by atoms with E-state index in [4.69, 9.17) is 23.2 Å². The van der Waals surface area contributed by atoms with Gasteiger partial charge in [0.05, 0.1) is 11.3 Å². The Kier molecular flexibility index (Phi) is 6.22. The van der Waals surface area contributed by atoms with Crippen LogP contribution in [0.15, 0.2) is 59.2 Å². The van der Waals surface area contributed by atoms with Gasteiger partial charge in [0.25, 0.3) is 5.91 Å². The molecule has 1 amide bonds. The van der Waals surface area contributed by atoms with Crippen molar-refractivity contribution >= 4 is 45.0 Å². The molecule has 0 bridgehead atoms. The lowest BCUT2D eigenvalue weighted by molar-refractivity contribution is 0.0947. The number of nitrogens with one attached hydrogen (secondary N) is 1. The summed E-state index contributed by atoms with van der Waals surface area (Å²) in [6.45, 7) is 0.381. The van der Waals surface area contributed by atoms with Crippen LogP contribution in [0.4, 0.5) is 0 Å². The Labute approximate surface area is 175 Å². The lowest BCUT2D eigenvalue weighted by Gasteiger charge is -2.12. The minimum atomic E-state index is -0.322. The summed E-state index contributed by atoms with van der Waals surface area (Å²) in [4.78, 5) is 12.8. The Balaban J connectivity index is 1.80. The van der Waals surface area contributed by atoms with Gasteiger partial charge in [-0.05, 0) is 58.2 Å². The average Bonchev–Trinajstić information content (AvgIpc) is 3.07. The molecule has 2 aromatic carbocycles. The standard InChI is InChI=1S/C20H14BrCl2N3O/c21-16-3-1-2-4-18(16)26-10-8-14(12-24)19(26)20(27)25-9-7-13-5-6-15(22)11-17(13)23/h1-6,8,10-11H,7,9H2,(H,25,27). The summed E-state index contributed by atoms with van der Waals surface area (Å²) >= 11 is 15.5. The first-order valence-electron chi connectivity index (χ1n) is 8.09. The molecule has 0 radical (unpaired) electrons. The summed E-state index contributed by atoms with van der Waals surface area (Å²) in [5, 5.41) is 13.4.